The number of rotatable bonds is 3. The summed E-state index contributed by atoms with van der Waals surface area (Å²) in [6, 6.07) is 19.7. The highest BCUT2D eigenvalue weighted by molar-refractivity contribution is 5.27. The molecule has 0 amide bonds. The topological polar surface area (TPSA) is 29.3 Å². The Hall–Kier alpha value is -1.64. The second kappa shape index (κ2) is 5.78. The van der Waals surface area contributed by atoms with Gasteiger partial charge < -0.3 is 5.73 Å². The number of benzene rings is 2. The Balaban J connectivity index is 1.69. The van der Waals surface area contributed by atoms with Gasteiger partial charge in [-0.05, 0) is 18.1 Å². The predicted molar refractivity (Wildman–Crippen MR) is 83.6 cm³/mol. The van der Waals surface area contributed by atoms with Gasteiger partial charge in [0, 0.05) is 31.6 Å². The normalized spacial score (nSPS) is 23.1. The van der Waals surface area contributed by atoms with Crippen LogP contribution in [0.25, 0.3) is 0 Å². The van der Waals surface area contributed by atoms with E-state index in [1.165, 1.54) is 16.7 Å². The summed E-state index contributed by atoms with van der Waals surface area (Å²) in [5.41, 5.74) is 10.4. The number of aryl methyl sites for hydroxylation is 1. The minimum Gasteiger partial charge on any atom is -0.326 e. The number of nitrogens with zero attached hydrogens (tertiary/aromatic N) is 1. The second-order valence-electron chi connectivity index (χ2n) is 5.86. The summed E-state index contributed by atoms with van der Waals surface area (Å²) < 4.78 is 0. The second-order valence-corrected chi connectivity index (χ2v) is 5.86. The van der Waals surface area contributed by atoms with E-state index in [1.807, 2.05) is 0 Å². The van der Waals surface area contributed by atoms with Gasteiger partial charge in [-0.1, -0.05) is 60.2 Å². The molecule has 0 bridgehead atoms. The van der Waals surface area contributed by atoms with Gasteiger partial charge in [0.25, 0.3) is 0 Å². The van der Waals surface area contributed by atoms with Crippen LogP contribution in [0.5, 0.6) is 0 Å². The molecule has 1 heterocycles. The summed E-state index contributed by atoms with van der Waals surface area (Å²) in [5, 5.41) is 0. The molecule has 0 saturated carbocycles. The molecule has 2 aromatic rings. The molecule has 0 radical (unpaired) electrons. The summed E-state index contributed by atoms with van der Waals surface area (Å²) in [6.45, 7) is 5.16. The van der Waals surface area contributed by atoms with Gasteiger partial charge in [0.1, 0.15) is 0 Å². The number of hydrogen-bond donors (Lipinski definition) is 1. The maximum absolute atomic E-state index is 6.35. The summed E-state index contributed by atoms with van der Waals surface area (Å²) in [6.07, 6.45) is 0. The Morgan fingerprint density at radius 1 is 1.00 bits per heavy atom. The third-order valence-corrected chi connectivity index (χ3v) is 4.20. The standard InChI is InChI=1S/C18H22N2/c1-14-7-9-16(10-8-14)17-12-20(13-18(17)19)11-15-5-3-2-4-6-15/h2-10,17-18H,11-13,19H2,1H3. The lowest BCUT2D eigenvalue weighted by molar-refractivity contribution is 0.324. The van der Waals surface area contributed by atoms with Crippen molar-refractivity contribution in [3.8, 4) is 0 Å². The molecule has 1 saturated heterocycles. The van der Waals surface area contributed by atoms with E-state index in [4.69, 9.17) is 5.73 Å². The number of hydrogen-bond acceptors (Lipinski definition) is 2. The molecule has 2 atom stereocenters. The van der Waals surface area contributed by atoms with Crippen molar-refractivity contribution in [2.75, 3.05) is 13.1 Å². The molecule has 2 nitrogen and oxygen atoms in total. The smallest absolute Gasteiger partial charge is 0.0250 e. The van der Waals surface area contributed by atoms with Crippen LogP contribution in [0.4, 0.5) is 0 Å². The highest BCUT2D eigenvalue weighted by Gasteiger charge is 2.30. The van der Waals surface area contributed by atoms with E-state index in [0.29, 0.717) is 5.92 Å². The SMILES string of the molecule is Cc1ccc(C2CN(Cc3ccccc3)CC2N)cc1. The van der Waals surface area contributed by atoms with E-state index in [2.05, 4.69) is 66.4 Å². The average Bonchev–Trinajstić information content (AvgIpc) is 2.81. The minimum absolute atomic E-state index is 0.237. The highest BCUT2D eigenvalue weighted by atomic mass is 15.2. The average molecular weight is 266 g/mol. The van der Waals surface area contributed by atoms with Crippen molar-refractivity contribution in [2.45, 2.75) is 25.4 Å². The van der Waals surface area contributed by atoms with Crippen LogP contribution in [0.1, 0.15) is 22.6 Å². The van der Waals surface area contributed by atoms with Crippen LogP contribution in [-0.2, 0) is 6.54 Å². The summed E-state index contributed by atoms with van der Waals surface area (Å²) >= 11 is 0. The third kappa shape index (κ3) is 2.92. The Morgan fingerprint density at radius 2 is 1.70 bits per heavy atom. The van der Waals surface area contributed by atoms with E-state index >= 15 is 0 Å². The van der Waals surface area contributed by atoms with Gasteiger partial charge in [0.2, 0.25) is 0 Å². The molecule has 1 aliphatic rings. The van der Waals surface area contributed by atoms with Crippen LogP contribution in [0, 0.1) is 6.92 Å². The first kappa shape index (κ1) is 13.3. The molecule has 1 fully saturated rings. The van der Waals surface area contributed by atoms with Gasteiger partial charge in [-0.3, -0.25) is 4.90 Å². The van der Waals surface area contributed by atoms with Gasteiger partial charge in [-0.2, -0.15) is 0 Å². The molecule has 3 rings (SSSR count). The monoisotopic (exact) mass is 266 g/mol. The molecular weight excluding hydrogens is 244 g/mol. The van der Waals surface area contributed by atoms with Gasteiger partial charge in [-0.15, -0.1) is 0 Å². The predicted octanol–water partition coefficient (Wildman–Crippen LogP) is 2.92. The largest absolute Gasteiger partial charge is 0.326 e. The maximum atomic E-state index is 6.35. The summed E-state index contributed by atoms with van der Waals surface area (Å²) in [4.78, 5) is 2.46. The highest BCUT2D eigenvalue weighted by Crippen LogP contribution is 2.27. The van der Waals surface area contributed by atoms with Crippen molar-refractivity contribution in [2.24, 2.45) is 5.73 Å². The number of nitrogens with two attached hydrogens (primary N) is 1. The van der Waals surface area contributed by atoms with Gasteiger partial charge in [-0.25, -0.2) is 0 Å². The van der Waals surface area contributed by atoms with E-state index in [1.54, 1.807) is 0 Å². The van der Waals surface area contributed by atoms with Crippen molar-refractivity contribution in [1.29, 1.82) is 0 Å². The van der Waals surface area contributed by atoms with Gasteiger partial charge in [0.15, 0.2) is 0 Å². The maximum Gasteiger partial charge on any atom is 0.0250 e. The molecular formula is C18H22N2. The van der Waals surface area contributed by atoms with Gasteiger partial charge >= 0.3 is 0 Å². The molecule has 20 heavy (non-hydrogen) atoms. The van der Waals surface area contributed by atoms with E-state index < -0.39 is 0 Å². The van der Waals surface area contributed by atoms with Crippen LogP contribution >= 0.6 is 0 Å². The van der Waals surface area contributed by atoms with E-state index in [-0.39, 0.29) is 6.04 Å². The van der Waals surface area contributed by atoms with Crippen molar-refractivity contribution >= 4 is 0 Å². The Morgan fingerprint density at radius 3 is 2.40 bits per heavy atom. The Kier molecular flexibility index (Phi) is 3.86. The van der Waals surface area contributed by atoms with Crippen LogP contribution in [0.2, 0.25) is 0 Å². The molecule has 0 aromatic heterocycles. The first-order valence-electron chi connectivity index (χ1n) is 7.31. The quantitative estimate of drug-likeness (QED) is 0.925. The lowest BCUT2D eigenvalue weighted by Crippen LogP contribution is -2.28. The first-order valence-corrected chi connectivity index (χ1v) is 7.31. The van der Waals surface area contributed by atoms with Crippen molar-refractivity contribution < 1.29 is 0 Å². The Bertz CT molecular complexity index is 547. The molecule has 2 unspecified atom stereocenters. The van der Waals surface area contributed by atoms with Crippen molar-refractivity contribution in [3.05, 3.63) is 71.3 Å². The van der Waals surface area contributed by atoms with E-state index in [0.717, 1.165) is 19.6 Å². The van der Waals surface area contributed by atoms with E-state index in [9.17, 15) is 0 Å². The van der Waals surface area contributed by atoms with Crippen molar-refractivity contribution in [1.82, 2.24) is 4.90 Å². The van der Waals surface area contributed by atoms with Gasteiger partial charge in [0.05, 0.1) is 0 Å². The summed E-state index contributed by atoms with van der Waals surface area (Å²) in [5.74, 6) is 0.458. The fraction of sp³-hybridized carbons (Fsp3) is 0.333. The Labute approximate surface area is 121 Å². The molecule has 104 valence electrons. The molecule has 2 aromatic carbocycles. The zero-order chi connectivity index (χ0) is 13.9. The molecule has 2 heteroatoms. The number of likely N-dealkylation sites (tertiary alicyclic amines) is 1. The molecule has 1 aliphatic heterocycles. The zero-order valence-electron chi connectivity index (χ0n) is 12.0. The lowest BCUT2D eigenvalue weighted by Gasteiger charge is -2.16. The van der Waals surface area contributed by atoms with Crippen molar-refractivity contribution in [3.63, 3.8) is 0 Å². The lowest BCUT2D eigenvalue weighted by atomic mass is 9.94. The van der Waals surface area contributed by atoms with Crippen LogP contribution in [0.3, 0.4) is 0 Å². The van der Waals surface area contributed by atoms with Crippen LogP contribution < -0.4 is 5.73 Å². The zero-order valence-corrected chi connectivity index (χ0v) is 12.0. The van der Waals surface area contributed by atoms with Crippen LogP contribution in [0.15, 0.2) is 54.6 Å². The molecule has 0 spiro atoms. The fourth-order valence-corrected chi connectivity index (χ4v) is 3.05. The first-order chi connectivity index (χ1) is 9.72. The van der Waals surface area contributed by atoms with Crippen LogP contribution in [-0.4, -0.2) is 24.0 Å². The molecule has 0 aliphatic carbocycles. The summed E-state index contributed by atoms with van der Waals surface area (Å²) in [7, 11) is 0. The third-order valence-electron chi connectivity index (χ3n) is 4.20. The fourth-order valence-electron chi connectivity index (χ4n) is 3.05. The molecule has 2 N–H and O–H groups in total. The minimum atomic E-state index is 0.237.